The van der Waals surface area contributed by atoms with Crippen molar-refractivity contribution in [1.82, 2.24) is 0 Å². The van der Waals surface area contributed by atoms with Gasteiger partial charge in [0.25, 0.3) is 0 Å². The van der Waals surface area contributed by atoms with Gasteiger partial charge in [-0.05, 0) is 42.8 Å². The van der Waals surface area contributed by atoms with E-state index in [1.54, 1.807) is 12.1 Å². The van der Waals surface area contributed by atoms with E-state index in [2.05, 4.69) is 6.92 Å². The van der Waals surface area contributed by atoms with E-state index in [-0.39, 0.29) is 0 Å². The fourth-order valence-corrected chi connectivity index (χ4v) is 3.72. The van der Waals surface area contributed by atoms with Gasteiger partial charge in [0.15, 0.2) is 0 Å². The van der Waals surface area contributed by atoms with Crippen LogP contribution in [0.4, 0.5) is 11.4 Å². The van der Waals surface area contributed by atoms with Gasteiger partial charge in [-0.3, -0.25) is 9.63 Å². The molecule has 0 atom stereocenters. The minimum atomic E-state index is -0.421. The number of hydrogen-bond acceptors (Lipinski definition) is 3. The highest BCUT2D eigenvalue weighted by molar-refractivity contribution is 5.93. The third-order valence-corrected chi connectivity index (χ3v) is 5.60. The minimum Gasteiger partial charge on any atom is -0.366 e. The average Bonchev–Trinajstić information content (AvgIpc) is 2.80. The zero-order valence-electron chi connectivity index (χ0n) is 19.2. The summed E-state index contributed by atoms with van der Waals surface area (Å²) < 4.78 is 0. The van der Waals surface area contributed by atoms with E-state index in [9.17, 15) is 4.79 Å². The lowest BCUT2D eigenvalue weighted by atomic mass is 10.1. The van der Waals surface area contributed by atoms with Gasteiger partial charge >= 0.3 is 0 Å². The Labute approximate surface area is 188 Å². The monoisotopic (exact) mass is 424 g/mol. The third-order valence-electron chi connectivity index (χ3n) is 5.60. The predicted molar refractivity (Wildman–Crippen MR) is 131 cm³/mol. The SMILES string of the molecule is CCCCCCCCCCCCCCON(c1ccccc1)c1ccc(C(N)=O)cc1. The van der Waals surface area contributed by atoms with Gasteiger partial charge in [-0.25, -0.2) is 5.06 Å². The van der Waals surface area contributed by atoms with Gasteiger partial charge in [-0.15, -0.1) is 0 Å². The first-order chi connectivity index (χ1) is 15.2. The summed E-state index contributed by atoms with van der Waals surface area (Å²) in [6.07, 6.45) is 15.9. The highest BCUT2D eigenvalue weighted by atomic mass is 16.7. The van der Waals surface area contributed by atoms with Crippen LogP contribution in [0.15, 0.2) is 54.6 Å². The number of para-hydroxylation sites is 1. The van der Waals surface area contributed by atoms with Crippen LogP contribution in [0.25, 0.3) is 0 Å². The van der Waals surface area contributed by atoms with Crippen molar-refractivity contribution in [3.8, 4) is 0 Å². The number of hydrogen-bond donors (Lipinski definition) is 1. The molecule has 0 saturated heterocycles. The molecule has 0 fully saturated rings. The third kappa shape index (κ3) is 10.0. The Morgan fingerprint density at radius 1 is 0.710 bits per heavy atom. The first-order valence-corrected chi connectivity index (χ1v) is 12.1. The number of carbonyl (C=O) groups excluding carboxylic acids is 1. The Kier molecular flexibility index (Phi) is 12.4. The van der Waals surface area contributed by atoms with Crippen molar-refractivity contribution in [3.63, 3.8) is 0 Å². The molecule has 0 aromatic heterocycles. The van der Waals surface area contributed by atoms with Gasteiger partial charge in [0.1, 0.15) is 0 Å². The highest BCUT2D eigenvalue weighted by Gasteiger charge is 2.11. The van der Waals surface area contributed by atoms with Gasteiger partial charge < -0.3 is 5.73 Å². The Morgan fingerprint density at radius 3 is 1.71 bits per heavy atom. The largest absolute Gasteiger partial charge is 0.366 e. The summed E-state index contributed by atoms with van der Waals surface area (Å²) in [5.41, 5.74) is 7.70. The highest BCUT2D eigenvalue weighted by Crippen LogP contribution is 2.26. The van der Waals surface area contributed by atoms with Crippen LogP contribution in [-0.2, 0) is 4.84 Å². The molecule has 0 aliphatic heterocycles. The van der Waals surface area contributed by atoms with Gasteiger partial charge in [0.2, 0.25) is 5.91 Å². The van der Waals surface area contributed by atoms with Crippen LogP contribution >= 0.6 is 0 Å². The number of benzene rings is 2. The number of anilines is 2. The predicted octanol–water partition coefficient (Wildman–Crippen LogP) is 7.56. The molecular weight excluding hydrogens is 384 g/mol. The van der Waals surface area contributed by atoms with E-state index in [0.29, 0.717) is 12.2 Å². The molecule has 4 heteroatoms. The smallest absolute Gasteiger partial charge is 0.248 e. The Balaban J connectivity index is 1.67. The van der Waals surface area contributed by atoms with Crippen LogP contribution < -0.4 is 10.8 Å². The molecular formula is C27H40N2O2. The van der Waals surface area contributed by atoms with E-state index in [1.807, 2.05) is 47.5 Å². The molecule has 0 saturated carbocycles. The van der Waals surface area contributed by atoms with Crippen LogP contribution in [-0.4, -0.2) is 12.5 Å². The van der Waals surface area contributed by atoms with E-state index in [0.717, 1.165) is 17.8 Å². The molecule has 0 spiro atoms. The number of nitrogens with two attached hydrogens (primary N) is 1. The lowest BCUT2D eigenvalue weighted by molar-refractivity contribution is 0.1000. The zero-order chi connectivity index (χ0) is 22.2. The molecule has 0 aliphatic rings. The molecule has 2 aromatic carbocycles. The summed E-state index contributed by atoms with van der Waals surface area (Å²) in [5, 5.41) is 1.84. The number of primary amides is 1. The topological polar surface area (TPSA) is 55.6 Å². The number of amides is 1. The summed E-state index contributed by atoms with van der Waals surface area (Å²) >= 11 is 0. The number of unbranched alkanes of at least 4 members (excludes halogenated alkanes) is 11. The van der Waals surface area contributed by atoms with Crippen molar-refractivity contribution < 1.29 is 9.63 Å². The maximum atomic E-state index is 11.3. The quantitative estimate of drug-likeness (QED) is 0.210. The van der Waals surface area contributed by atoms with E-state index in [1.165, 1.54) is 70.6 Å². The van der Waals surface area contributed by atoms with Crippen molar-refractivity contribution in [2.75, 3.05) is 11.7 Å². The van der Waals surface area contributed by atoms with Crippen molar-refractivity contribution in [2.45, 2.75) is 84.0 Å². The summed E-state index contributed by atoms with van der Waals surface area (Å²) in [6, 6.07) is 17.2. The van der Waals surface area contributed by atoms with E-state index in [4.69, 9.17) is 10.6 Å². The fraction of sp³-hybridized carbons (Fsp3) is 0.519. The molecule has 1 amide bonds. The van der Waals surface area contributed by atoms with Crippen molar-refractivity contribution in [3.05, 3.63) is 60.2 Å². The second kappa shape index (κ2) is 15.5. The standard InChI is InChI=1S/C27H40N2O2/c1-2-3-4-5-6-7-8-9-10-11-12-16-23-31-29(25-17-14-13-15-18-25)26-21-19-24(20-22-26)27(28)30/h13-15,17-22H,2-12,16,23H2,1H3,(H2,28,30). The second-order valence-electron chi connectivity index (χ2n) is 8.26. The first-order valence-electron chi connectivity index (χ1n) is 12.1. The maximum absolute atomic E-state index is 11.3. The van der Waals surface area contributed by atoms with Crippen LogP contribution in [0.2, 0.25) is 0 Å². The van der Waals surface area contributed by atoms with Crippen LogP contribution in [0.5, 0.6) is 0 Å². The Bertz CT molecular complexity index is 716. The molecule has 0 heterocycles. The first kappa shape index (κ1) is 24.9. The van der Waals surface area contributed by atoms with Crippen LogP contribution in [0.1, 0.15) is 94.3 Å². The molecule has 2 aromatic rings. The van der Waals surface area contributed by atoms with Gasteiger partial charge in [-0.2, -0.15) is 0 Å². The average molecular weight is 425 g/mol. The van der Waals surface area contributed by atoms with Gasteiger partial charge in [-0.1, -0.05) is 95.8 Å². The molecule has 2 N–H and O–H groups in total. The van der Waals surface area contributed by atoms with Crippen LogP contribution in [0.3, 0.4) is 0 Å². The number of carbonyl (C=O) groups is 1. The molecule has 0 radical (unpaired) electrons. The minimum absolute atomic E-state index is 0.421. The fourth-order valence-electron chi connectivity index (χ4n) is 3.72. The molecule has 2 rings (SSSR count). The lowest BCUT2D eigenvalue weighted by Crippen LogP contribution is -2.19. The van der Waals surface area contributed by atoms with Crippen LogP contribution in [0, 0.1) is 0 Å². The normalized spacial score (nSPS) is 10.9. The lowest BCUT2D eigenvalue weighted by Gasteiger charge is -2.24. The van der Waals surface area contributed by atoms with Crippen molar-refractivity contribution in [1.29, 1.82) is 0 Å². The number of rotatable bonds is 17. The summed E-state index contributed by atoms with van der Waals surface area (Å²) in [7, 11) is 0. The second-order valence-corrected chi connectivity index (χ2v) is 8.26. The Morgan fingerprint density at radius 2 is 1.19 bits per heavy atom. The molecule has 170 valence electrons. The molecule has 0 unspecified atom stereocenters. The molecule has 4 nitrogen and oxygen atoms in total. The zero-order valence-corrected chi connectivity index (χ0v) is 19.2. The maximum Gasteiger partial charge on any atom is 0.248 e. The summed E-state index contributed by atoms with van der Waals surface area (Å²) in [4.78, 5) is 17.5. The number of nitrogens with zero attached hydrogens (tertiary/aromatic N) is 1. The van der Waals surface area contributed by atoms with Crippen molar-refractivity contribution in [2.24, 2.45) is 5.73 Å². The summed E-state index contributed by atoms with van der Waals surface area (Å²) in [6.45, 7) is 2.94. The van der Waals surface area contributed by atoms with E-state index >= 15 is 0 Å². The molecule has 0 aliphatic carbocycles. The molecule has 0 bridgehead atoms. The van der Waals surface area contributed by atoms with Gasteiger partial charge in [0, 0.05) is 5.56 Å². The van der Waals surface area contributed by atoms with Gasteiger partial charge in [0.05, 0.1) is 18.0 Å². The molecule has 31 heavy (non-hydrogen) atoms. The summed E-state index contributed by atoms with van der Waals surface area (Å²) in [5.74, 6) is -0.421. The van der Waals surface area contributed by atoms with E-state index < -0.39 is 5.91 Å². The van der Waals surface area contributed by atoms with Crippen molar-refractivity contribution >= 4 is 17.3 Å². The Hall–Kier alpha value is -2.33.